The Labute approximate surface area is 89.8 Å². The van der Waals surface area contributed by atoms with Crippen LogP contribution in [-0.2, 0) is 0 Å². The molecule has 0 unspecified atom stereocenters. The van der Waals surface area contributed by atoms with E-state index in [1.54, 1.807) is 6.33 Å². The van der Waals surface area contributed by atoms with Crippen molar-refractivity contribution in [3.8, 4) is 0 Å². The minimum absolute atomic E-state index is 0.102. The van der Waals surface area contributed by atoms with Crippen LogP contribution in [0.3, 0.4) is 0 Å². The van der Waals surface area contributed by atoms with Gasteiger partial charge in [0.15, 0.2) is 0 Å². The molecule has 2 N–H and O–H groups in total. The lowest BCUT2D eigenvalue weighted by Gasteiger charge is -2.26. The van der Waals surface area contributed by atoms with Crippen molar-refractivity contribution < 1.29 is 5.11 Å². The van der Waals surface area contributed by atoms with Gasteiger partial charge in [-0.2, -0.15) is 0 Å². The summed E-state index contributed by atoms with van der Waals surface area (Å²) in [5, 5.41) is 12.8. The molecule has 0 saturated heterocycles. The summed E-state index contributed by atoms with van der Waals surface area (Å²) in [6.45, 7) is 1.96. The van der Waals surface area contributed by atoms with Gasteiger partial charge in [0.1, 0.15) is 12.1 Å². The smallest absolute Gasteiger partial charge is 0.129 e. The van der Waals surface area contributed by atoms with E-state index in [0.717, 1.165) is 37.2 Å². The Balaban J connectivity index is 1.92. The summed E-state index contributed by atoms with van der Waals surface area (Å²) in [5.74, 6) is 0.892. The Bertz CT molecular complexity index is 321. The van der Waals surface area contributed by atoms with Gasteiger partial charge in [0, 0.05) is 17.8 Å². The molecule has 1 aliphatic carbocycles. The molecule has 1 aliphatic rings. The number of anilines is 1. The molecule has 1 saturated carbocycles. The Morgan fingerprint density at radius 2 is 2.00 bits per heavy atom. The minimum Gasteiger partial charge on any atom is -0.393 e. The van der Waals surface area contributed by atoms with Gasteiger partial charge in [-0.05, 0) is 32.6 Å². The highest BCUT2D eigenvalue weighted by Gasteiger charge is 2.19. The van der Waals surface area contributed by atoms with Crippen LogP contribution < -0.4 is 5.32 Å². The first-order chi connectivity index (χ1) is 7.24. The third kappa shape index (κ3) is 2.89. The number of hydrogen-bond acceptors (Lipinski definition) is 4. The summed E-state index contributed by atoms with van der Waals surface area (Å²) < 4.78 is 0. The Morgan fingerprint density at radius 1 is 1.27 bits per heavy atom. The first kappa shape index (κ1) is 10.4. The number of hydrogen-bond donors (Lipinski definition) is 2. The number of aromatic nitrogens is 2. The summed E-state index contributed by atoms with van der Waals surface area (Å²) in [6.07, 6.45) is 5.29. The summed E-state index contributed by atoms with van der Waals surface area (Å²) in [6, 6.07) is 2.40. The molecule has 1 aromatic rings. The van der Waals surface area contributed by atoms with Gasteiger partial charge in [0.05, 0.1) is 6.10 Å². The second-order valence-corrected chi connectivity index (χ2v) is 4.19. The average molecular weight is 207 g/mol. The number of aryl methyl sites for hydroxylation is 1. The SMILES string of the molecule is Cc1cc(N[C@H]2CC[C@H](O)CC2)ncn1. The third-order valence-electron chi connectivity index (χ3n) is 2.85. The molecule has 0 atom stereocenters. The second kappa shape index (κ2) is 4.57. The lowest BCUT2D eigenvalue weighted by Crippen LogP contribution is -2.28. The minimum atomic E-state index is -0.102. The molecule has 1 heterocycles. The van der Waals surface area contributed by atoms with Crippen LogP contribution in [0.4, 0.5) is 5.82 Å². The first-order valence-electron chi connectivity index (χ1n) is 5.47. The van der Waals surface area contributed by atoms with E-state index in [1.807, 2.05) is 13.0 Å². The van der Waals surface area contributed by atoms with E-state index in [1.165, 1.54) is 0 Å². The normalized spacial score (nSPS) is 26.3. The van der Waals surface area contributed by atoms with E-state index in [-0.39, 0.29) is 6.10 Å². The molecule has 4 heteroatoms. The van der Waals surface area contributed by atoms with Crippen LogP contribution in [0.25, 0.3) is 0 Å². The molecular weight excluding hydrogens is 190 g/mol. The highest BCUT2D eigenvalue weighted by Crippen LogP contribution is 2.21. The molecule has 1 fully saturated rings. The molecule has 82 valence electrons. The second-order valence-electron chi connectivity index (χ2n) is 4.19. The monoisotopic (exact) mass is 207 g/mol. The number of aliphatic hydroxyl groups is 1. The largest absolute Gasteiger partial charge is 0.393 e. The summed E-state index contributed by atoms with van der Waals surface area (Å²) in [5.41, 5.74) is 0.975. The summed E-state index contributed by atoms with van der Waals surface area (Å²) in [4.78, 5) is 8.22. The Hall–Kier alpha value is -1.16. The Kier molecular flexibility index (Phi) is 3.16. The van der Waals surface area contributed by atoms with E-state index in [2.05, 4.69) is 15.3 Å². The topological polar surface area (TPSA) is 58.0 Å². The van der Waals surface area contributed by atoms with Crippen LogP contribution in [0.15, 0.2) is 12.4 Å². The van der Waals surface area contributed by atoms with E-state index in [0.29, 0.717) is 6.04 Å². The molecule has 0 bridgehead atoms. The standard InChI is InChI=1S/C11H17N3O/c1-8-6-11(13-7-12-8)14-9-2-4-10(15)5-3-9/h6-7,9-10,15H,2-5H2,1H3,(H,12,13,14)/t9-,10-. The maximum Gasteiger partial charge on any atom is 0.129 e. The third-order valence-corrected chi connectivity index (χ3v) is 2.85. The zero-order valence-electron chi connectivity index (χ0n) is 8.98. The van der Waals surface area contributed by atoms with Crippen LogP contribution in [-0.4, -0.2) is 27.2 Å². The number of nitrogens with zero attached hydrogens (tertiary/aromatic N) is 2. The molecular formula is C11H17N3O. The number of rotatable bonds is 2. The average Bonchev–Trinajstić information content (AvgIpc) is 2.22. The zero-order chi connectivity index (χ0) is 10.7. The predicted molar refractivity (Wildman–Crippen MR) is 58.7 cm³/mol. The molecule has 15 heavy (non-hydrogen) atoms. The number of nitrogens with one attached hydrogen (secondary N) is 1. The van der Waals surface area contributed by atoms with E-state index >= 15 is 0 Å². The van der Waals surface area contributed by atoms with Gasteiger partial charge < -0.3 is 10.4 Å². The highest BCUT2D eigenvalue weighted by molar-refractivity contribution is 5.35. The van der Waals surface area contributed by atoms with Crippen molar-refractivity contribution in [1.29, 1.82) is 0 Å². The molecule has 0 aliphatic heterocycles. The van der Waals surface area contributed by atoms with Gasteiger partial charge in [-0.15, -0.1) is 0 Å². The molecule has 0 amide bonds. The van der Waals surface area contributed by atoms with Crippen LogP contribution in [0, 0.1) is 6.92 Å². The van der Waals surface area contributed by atoms with Gasteiger partial charge >= 0.3 is 0 Å². The van der Waals surface area contributed by atoms with Gasteiger partial charge in [-0.1, -0.05) is 0 Å². The summed E-state index contributed by atoms with van der Waals surface area (Å²) >= 11 is 0. The maximum atomic E-state index is 9.38. The van der Waals surface area contributed by atoms with Gasteiger partial charge in [0.25, 0.3) is 0 Å². The molecule has 0 spiro atoms. The first-order valence-corrected chi connectivity index (χ1v) is 5.47. The van der Waals surface area contributed by atoms with Gasteiger partial charge in [-0.25, -0.2) is 9.97 Å². The highest BCUT2D eigenvalue weighted by atomic mass is 16.3. The lowest BCUT2D eigenvalue weighted by atomic mass is 9.93. The van der Waals surface area contributed by atoms with Crippen molar-refractivity contribution in [2.24, 2.45) is 0 Å². The Morgan fingerprint density at radius 3 is 2.67 bits per heavy atom. The van der Waals surface area contributed by atoms with Crippen molar-refractivity contribution in [3.05, 3.63) is 18.1 Å². The van der Waals surface area contributed by atoms with Gasteiger partial charge in [-0.3, -0.25) is 0 Å². The van der Waals surface area contributed by atoms with Crippen LogP contribution in [0.1, 0.15) is 31.4 Å². The van der Waals surface area contributed by atoms with E-state index < -0.39 is 0 Å². The quantitative estimate of drug-likeness (QED) is 0.771. The van der Waals surface area contributed by atoms with Crippen LogP contribution >= 0.6 is 0 Å². The fourth-order valence-corrected chi connectivity index (χ4v) is 1.96. The van der Waals surface area contributed by atoms with Crippen LogP contribution in [0.2, 0.25) is 0 Å². The molecule has 1 aromatic heterocycles. The summed E-state index contributed by atoms with van der Waals surface area (Å²) in [7, 11) is 0. The fourth-order valence-electron chi connectivity index (χ4n) is 1.96. The predicted octanol–water partition coefficient (Wildman–Crippen LogP) is 1.50. The van der Waals surface area contributed by atoms with E-state index in [4.69, 9.17) is 0 Å². The zero-order valence-corrected chi connectivity index (χ0v) is 8.98. The van der Waals surface area contributed by atoms with Crippen molar-refractivity contribution in [2.75, 3.05) is 5.32 Å². The van der Waals surface area contributed by atoms with Crippen molar-refractivity contribution in [1.82, 2.24) is 9.97 Å². The van der Waals surface area contributed by atoms with Crippen molar-refractivity contribution >= 4 is 5.82 Å². The molecule has 0 aromatic carbocycles. The fraction of sp³-hybridized carbons (Fsp3) is 0.636. The van der Waals surface area contributed by atoms with E-state index in [9.17, 15) is 5.11 Å². The lowest BCUT2D eigenvalue weighted by molar-refractivity contribution is 0.126. The maximum absolute atomic E-state index is 9.38. The molecule has 0 radical (unpaired) electrons. The molecule has 4 nitrogen and oxygen atoms in total. The number of aliphatic hydroxyl groups excluding tert-OH is 1. The molecule has 2 rings (SSSR count). The van der Waals surface area contributed by atoms with Crippen LogP contribution in [0.5, 0.6) is 0 Å². The van der Waals surface area contributed by atoms with Gasteiger partial charge in [0.2, 0.25) is 0 Å². The van der Waals surface area contributed by atoms with Crippen molar-refractivity contribution in [2.45, 2.75) is 44.8 Å². The van der Waals surface area contributed by atoms with Crippen molar-refractivity contribution in [3.63, 3.8) is 0 Å².